The Balaban J connectivity index is 0.00000144. The second-order valence-electron chi connectivity index (χ2n) is 5.04. The second kappa shape index (κ2) is 4.36. The van der Waals surface area contributed by atoms with Crippen LogP contribution in [0.3, 0.4) is 0 Å². The summed E-state index contributed by atoms with van der Waals surface area (Å²) in [4.78, 5) is 2.09. The smallest absolute Gasteiger partial charge is 0.843 e. The van der Waals surface area contributed by atoms with Crippen LogP contribution >= 0.6 is 0 Å². The van der Waals surface area contributed by atoms with Gasteiger partial charge in [-0.3, -0.25) is 0 Å². The molecule has 0 aromatic rings. The van der Waals surface area contributed by atoms with Gasteiger partial charge < -0.3 is 10.0 Å². The minimum atomic E-state index is -0.0694. The Kier molecular flexibility index (Phi) is 4.53. The molecule has 3 heteroatoms. The molecule has 2 nitrogen and oxygen atoms in total. The maximum absolute atomic E-state index is 11.0. The van der Waals surface area contributed by atoms with Gasteiger partial charge in [-0.1, -0.05) is 6.73 Å². The molecule has 72 valence electrons. The van der Waals surface area contributed by atoms with Gasteiger partial charge in [0.1, 0.15) is 0 Å². The van der Waals surface area contributed by atoms with Gasteiger partial charge in [0, 0.05) is 11.1 Å². The molecule has 0 N–H and O–H groups in total. The van der Waals surface area contributed by atoms with Crippen LogP contribution in [0.2, 0.25) is 0 Å². The van der Waals surface area contributed by atoms with Crippen molar-refractivity contribution < 1.29 is 24.0 Å². The molecule has 13 heavy (non-hydrogen) atoms. The van der Waals surface area contributed by atoms with Crippen LogP contribution in [0.4, 0.5) is 0 Å². The third-order valence-corrected chi connectivity index (χ3v) is 3.17. The van der Waals surface area contributed by atoms with Crippen molar-refractivity contribution in [1.29, 1.82) is 0 Å². The molecule has 0 radical (unpaired) electrons. The molecule has 0 atom stereocenters. The largest absolute Gasteiger partial charge is 1.00 e. The number of likely N-dealkylation sites (tertiary alicyclic amines) is 1. The van der Waals surface area contributed by atoms with Gasteiger partial charge >= 0.3 is 18.9 Å². The third-order valence-electron chi connectivity index (χ3n) is 3.17. The average Bonchev–Trinajstić information content (AvgIpc) is 1.83. The molecule has 1 heterocycles. The number of hydrogen-bond donors (Lipinski definition) is 0. The van der Waals surface area contributed by atoms with Crippen LogP contribution in [0, 0.1) is 0 Å². The second-order valence-corrected chi connectivity index (χ2v) is 5.04. The Morgan fingerprint density at radius 2 is 1.46 bits per heavy atom. The zero-order valence-electron chi connectivity index (χ0n) is 9.68. The summed E-state index contributed by atoms with van der Waals surface area (Å²) >= 11 is 0. The van der Waals surface area contributed by atoms with Gasteiger partial charge in [-0.25, -0.2) is 0 Å². The number of rotatable bonds is 1. The Morgan fingerprint density at radius 3 is 1.69 bits per heavy atom. The molecule has 1 saturated heterocycles. The number of hydrogen-bond acceptors (Lipinski definition) is 2. The minimum Gasteiger partial charge on any atom is -0.843 e. The van der Waals surface area contributed by atoms with E-state index in [1.807, 2.05) is 0 Å². The maximum atomic E-state index is 11.0. The molecule has 1 aliphatic rings. The van der Waals surface area contributed by atoms with Crippen LogP contribution in [0.15, 0.2) is 0 Å². The normalized spacial score (nSPS) is 26.5. The van der Waals surface area contributed by atoms with Crippen molar-refractivity contribution >= 4 is 0 Å². The molecule has 1 aliphatic heterocycles. The van der Waals surface area contributed by atoms with Crippen LogP contribution in [-0.4, -0.2) is 22.7 Å². The molecular weight excluding hydrogens is 157 g/mol. The van der Waals surface area contributed by atoms with Crippen molar-refractivity contribution in [3.8, 4) is 0 Å². The standard InChI is InChI=1S/C10H20NO.Li/c1-9(2)6-5-7-10(3,4)11(9)8-12;/h5-8H2,1-4H3;/q-1;+1. The Labute approximate surface area is 93.9 Å². The van der Waals surface area contributed by atoms with E-state index in [1.165, 1.54) is 6.42 Å². The molecule has 0 saturated carbocycles. The first kappa shape index (κ1) is 13.5. The first-order valence-corrected chi connectivity index (χ1v) is 4.76. The quantitative estimate of drug-likeness (QED) is 0.449. The minimum absolute atomic E-state index is 0. The van der Waals surface area contributed by atoms with Crippen molar-refractivity contribution in [2.24, 2.45) is 0 Å². The van der Waals surface area contributed by atoms with E-state index in [4.69, 9.17) is 0 Å². The summed E-state index contributed by atoms with van der Waals surface area (Å²) in [6.07, 6.45) is 3.55. The molecule has 0 bridgehead atoms. The average molecular weight is 177 g/mol. The van der Waals surface area contributed by atoms with Crippen molar-refractivity contribution in [3.63, 3.8) is 0 Å². The summed E-state index contributed by atoms with van der Waals surface area (Å²) < 4.78 is 0. The fourth-order valence-corrected chi connectivity index (χ4v) is 2.39. The Bertz CT molecular complexity index is 152. The van der Waals surface area contributed by atoms with Crippen LogP contribution < -0.4 is 24.0 Å². The zero-order valence-corrected chi connectivity index (χ0v) is 9.68. The first-order valence-electron chi connectivity index (χ1n) is 4.76. The summed E-state index contributed by atoms with van der Waals surface area (Å²) in [6, 6.07) is 0. The summed E-state index contributed by atoms with van der Waals surface area (Å²) in [5, 5.41) is 11.0. The van der Waals surface area contributed by atoms with Gasteiger partial charge in [0.25, 0.3) is 0 Å². The van der Waals surface area contributed by atoms with Gasteiger partial charge in [-0.15, -0.1) is 0 Å². The fraction of sp³-hybridized carbons (Fsp3) is 1.00. The summed E-state index contributed by atoms with van der Waals surface area (Å²) in [7, 11) is 0. The molecule has 0 spiro atoms. The van der Waals surface area contributed by atoms with Crippen molar-refractivity contribution in [1.82, 2.24) is 4.90 Å². The van der Waals surface area contributed by atoms with Gasteiger partial charge in [0.05, 0.1) is 0 Å². The molecule has 0 amide bonds. The van der Waals surface area contributed by atoms with E-state index in [2.05, 4.69) is 32.6 Å². The van der Waals surface area contributed by atoms with Crippen LogP contribution in [-0.2, 0) is 0 Å². The van der Waals surface area contributed by atoms with Crippen molar-refractivity contribution in [2.75, 3.05) is 6.73 Å². The van der Waals surface area contributed by atoms with Crippen molar-refractivity contribution in [2.45, 2.75) is 58.0 Å². The predicted molar refractivity (Wildman–Crippen MR) is 48.7 cm³/mol. The molecule has 0 unspecified atom stereocenters. The number of nitrogens with zero attached hydrogens (tertiary/aromatic N) is 1. The van der Waals surface area contributed by atoms with E-state index in [-0.39, 0.29) is 36.7 Å². The summed E-state index contributed by atoms with van der Waals surface area (Å²) in [5.74, 6) is 0. The van der Waals surface area contributed by atoms with E-state index >= 15 is 0 Å². The van der Waals surface area contributed by atoms with Crippen LogP contribution in [0.5, 0.6) is 0 Å². The topological polar surface area (TPSA) is 26.3 Å². The van der Waals surface area contributed by atoms with E-state index in [0.717, 1.165) is 12.8 Å². The third kappa shape index (κ3) is 2.73. The SMILES string of the molecule is CC1(C)CCCC(C)(C)N1C[O-].[Li+]. The van der Waals surface area contributed by atoms with Crippen molar-refractivity contribution in [3.05, 3.63) is 0 Å². The Hall–Kier alpha value is 0.517. The molecule has 1 fully saturated rings. The van der Waals surface area contributed by atoms with E-state index in [9.17, 15) is 5.11 Å². The van der Waals surface area contributed by atoms with Gasteiger partial charge in [0.15, 0.2) is 0 Å². The molecule has 0 aliphatic carbocycles. The van der Waals surface area contributed by atoms with E-state index < -0.39 is 0 Å². The summed E-state index contributed by atoms with van der Waals surface area (Å²) in [5.41, 5.74) is 0.201. The maximum Gasteiger partial charge on any atom is 1.00 e. The Morgan fingerprint density at radius 1 is 1.08 bits per heavy atom. The molecular formula is C10H20LiNO. The molecule has 0 aromatic heterocycles. The zero-order chi connectivity index (χ0) is 9.41. The summed E-state index contributed by atoms with van der Waals surface area (Å²) in [6.45, 7) is 8.62. The van der Waals surface area contributed by atoms with E-state index in [1.54, 1.807) is 0 Å². The number of piperidine rings is 1. The molecule has 1 rings (SSSR count). The first-order chi connectivity index (χ1) is 5.40. The monoisotopic (exact) mass is 177 g/mol. The van der Waals surface area contributed by atoms with Crippen LogP contribution in [0.1, 0.15) is 47.0 Å². The van der Waals surface area contributed by atoms with Gasteiger partial charge in [0.2, 0.25) is 0 Å². The predicted octanol–water partition coefficient (Wildman–Crippen LogP) is -1.65. The van der Waals surface area contributed by atoms with Gasteiger partial charge in [-0.05, 0) is 47.0 Å². The fourth-order valence-electron chi connectivity index (χ4n) is 2.39. The van der Waals surface area contributed by atoms with Crippen LogP contribution in [0.25, 0.3) is 0 Å². The molecule has 0 aromatic carbocycles. The van der Waals surface area contributed by atoms with Gasteiger partial charge in [-0.2, -0.15) is 0 Å². The van der Waals surface area contributed by atoms with E-state index in [0.29, 0.717) is 0 Å².